The zero-order chi connectivity index (χ0) is 19.0. The molecule has 26 heavy (non-hydrogen) atoms. The van der Waals surface area contributed by atoms with Gasteiger partial charge >= 0.3 is 0 Å². The first-order chi connectivity index (χ1) is 12.3. The maximum Gasteiger partial charge on any atom is 0.281 e. The second kappa shape index (κ2) is 7.20. The maximum absolute atomic E-state index is 14.2. The van der Waals surface area contributed by atoms with Crippen LogP contribution in [0.5, 0.6) is 0 Å². The Balaban J connectivity index is 2.09. The van der Waals surface area contributed by atoms with Crippen LogP contribution < -0.4 is 10.9 Å². The number of carbonyl (C=O) groups is 1. The zero-order valence-corrected chi connectivity index (χ0v) is 16.3. The monoisotopic (exact) mass is 423 g/mol. The molecule has 0 saturated heterocycles. The molecule has 1 aromatic carbocycles. The van der Waals surface area contributed by atoms with E-state index in [9.17, 15) is 14.0 Å². The minimum atomic E-state index is -0.497. The highest BCUT2D eigenvalue weighted by molar-refractivity contribution is 9.10. The summed E-state index contributed by atoms with van der Waals surface area (Å²) in [5.41, 5.74) is 0.851. The fourth-order valence-electron chi connectivity index (χ4n) is 2.85. The lowest BCUT2D eigenvalue weighted by atomic mass is 10.0. The molecule has 2 aromatic rings. The Morgan fingerprint density at radius 3 is 2.65 bits per heavy atom. The van der Waals surface area contributed by atoms with Gasteiger partial charge in [0.2, 0.25) is 0 Å². The summed E-state index contributed by atoms with van der Waals surface area (Å²) in [5, 5.41) is 4.20. The van der Waals surface area contributed by atoms with Gasteiger partial charge in [-0.15, -0.1) is 0 Å². The number of nitrogens with zero attached hydrogens (tertiary/aromatic N) is 2. The van der Waals surface area contributed by atoms with Crippen LogP contribution in [0.3, 0.4) is 0 Å². The van der Waals surface area contributed by atoms with Gasteiger partial charge in [0.05, 0.1) is 23.9 Å². The first kappa shape index (κ1) is 18.6. The lowest BCUT2D eigenvalue weighted by Crippen LogP contribution is -2.41. The summed E-state index contributed by atoms with van der Waals surface area (Å²) in [5.74, 6) is -0.602. The van der Waals surface area contributed by atoms with Crippen LogP contribution in [0.4, 0.5) is 15.9 Å². The van der Waals surface area contributed by atoms with Gasteiger partial charge < -0.3 is 5.32 Å². The molecule has 0 bridgehead atoms. The van der Waals surface area contributed by atoms with Crippen molar-refractivity contribution < 1.29 is 14.0 Å². The third-order valence-corrected chi connectivity index (χ3v) is 4.56. The van der Waals surface area contributed by atoms with Gasteiger partial charge in [0.15, 0.2) is 0 Å². The van der Waals surface area contributed by atoms with Crippen molar-refractivity contribution in [1.82, 2.24) is 9.63 Å². The van der Waals surface area contributed by atoms with Gasteiger partial charge in [0.1, 0.15) is 11.6 Å². The van der Waals surface area contributed by atoms with Crippen LogP contribution in [0.1, 0.15) is 29.8 Å². The summed E-state index contributed by atoms with van der Waals surface area (Å²) in [6, 6.07) is 5.97. The van der Waals surface area contributed by atoms with Crippen molar-refractivity contribution in [2.24, 2.45) is 7.05 Å². The van der Waals surface area contributed by atoms with Crippen molar-refractivity contribution in [2.75, 3.05) is 11.9 Å². The Kier molecular flexibility index (Phi) is 5.15. The molecule has 0 saturated carbocycles. The molecule has 0 fully saturated rings. The molecule has 1 N–H and O–H groups in total. The number of aromatic nitrogens is 1. The van der Waals surface area contributed by atoms with Crippen LogP contribution in [-0.2, 0) is 18.3 Å². The van der Waals surface area contributed by atoms with Gasteiger partial charge in [-0.05, 0) is 44.0 Å². The number of anilines is 2. The minimum Gasteiger partial charge on any atom is -0.338 e. The molecule has 0 radical (unpaired) electrons. The van der Waals surface area contributed by atoms with Gasteiger partial charge in [-0.3, -0.25) is 19.0 Å². The van der Waals surface area contributed by atoms with E-state index in [1.807, 2.05) is 13.8 Å². The van der Waals surface area contributed by atoms with E-state index in [1.54, 1.807) is 12.1 Å². The van der Waals surface area contributed by atoms with Crippen molar-refractivity contribution >= 4 is 33.3 Å². The van der Waals surface area contributed by atoms with Gasteiger partial charge in [0.25, 0.3) is 11.5 Å². The molecule has 1 amide bonds. The van der Waals surface area contributed by atoms with Crippen molar-refractivity contribution in [3.63, 3.8) is 0 Å². The van der Waals surface area contributed by atoms with Crippen molar-refractivity contribution in [1.29, 1.82) is 0 Å². The average molecular weight is 424 g/mol. The molecule has 0 atom stereocenters. The number of amides is 1. The number of benzene rings is 1. The maximum atomic E-state index is 14.2. The largest absolute Gasteiger partial charge is 0.338 e. The highest BCUT2D eigenvalue weighted by Gasteiger charge is 2.31. The summed E-state index contributed by atoms with van der Waals surface area (Å²) in [7, 11) is 1.54. The van der Waals surface area contributed by atoms with E-state index in [4.69, 9.17) is 4.84 Å². The normalized spacial score (nSPS) is 13.9. The minimum absolute atomic E-state index is 0.159. The van der Waals surface area contributed by atoms with E-state index in [1.165, 1.54) is 28.8 Å². The van der Waals surface area contributed by atoms with Gasteiger partial charge in [-0.25, -0.2) is 9.45 Å². The predicted octanol–water partition coefficient (Wildman–Crippen LogP) is 3.37. The molecule has 8 heteroatoms. The highest BCUT2D eigenvalue weighted by Crippen LogP contribution is 2.29. The molecular weight excluding hydrogens is 405 g/mol. The van der Waals surface area contributed by atoms with E-state index in [2.05, 4.69) is 21.2 Å². The summed E-state index contributed by atoms with van der Waals surface area (Å²) in [6.45, 7) is 4.03. The number of halogens is 2. The summed E-state index contributed by atoms with van der Waals surface area (Å²) >= 11 is 3.21. The van der Waals surface area contributed by atoms with E-state index in [-0.39, 0.29) is 29.1 Å². The number of pyridine rings is 1. The number of fused-ring (bicyclic) bond motifs is 1. The number of hydrogen-bond donors (Lipinski definition) is 1. The average Bonchev–Trinajstić information content (AvgIpc) is 2.56. The number of hydrogen-bond acceptors (Lipinski definition) is 4. The van der Waals surface area contributed by atoms with Crippen LogP contribution in [0, 0.1) is 5.82 Å². The van der Waals surface area contributed by atoms with E-state index >= 15 is 0 Å². The molecule has 1 aliphatic rings. The molecule has 2 heterocycles. The number of nitrogens with one attached hydrogen (secondary N) is 1. The fourth-order valence-corrected chi connectivity index (χ4v) is 3.19. The highest BCUT2D eigenvalue weighted by atomic mass is 79.9. The standard InChI is InChI=1S/C18H19BrFN3O3/c1-10(2)26-23-7-6-11-8-15(24)22(3)17(16(11)18(23)25)21-14-5-4-12(19)9-13(14)20/h4-5,8-10,21H,6-7H2,1-3H3. The van der Waals surface area contributed by atoms with Crippen molar-refractivity contribution in [3.8, 4) is 0 Å². The second-order valence-electron chi connectivity index (χ2n) is 6.35. The number of carbonyl (C=O) groups excluding carboxylic acids is 1. The van der Waals surface area contributed by atoms with E-state index < -0.39 is 5.82 Å². The van der Waals surface area contributed by atoms with Crippen LogP contribution in [-0.4, -0.2) is 28.2 Å². The zero-order valence-electron chi connectivity index (χ0n) is 14.7. The first-order valence-electron chi connectivity index (χ1n) is 8.21. The van der Waals surface area contributed by atoms with Gasteiger partial charge in [-0.2, -0.15) is 0 Å². The van der Waals surface area contributed by atoms with Crippen molar-refractivity contribution in [2.45, 2.75) is 26.4 Å². The van der Waals surface area contributed by atoms with Crippen LogP contribution in [0.15, 0.2) is 33.5 Å². The molecular formula is C18H19BrFN3O3. The number of hydroxylamine groups is 2. The predicted molar refractivity (Wildman–Crippen MR) is 100 cm³/mol. The molecule has 3 rings (SSSR count). The smallest absolute Gasteiger partial charge is 0.281 e. The Hall–Kier alpha value is -2.19. The molecule has 0 aliphatic carbocycles. The van der Waals surface area contributed by atoms with E-state index in [0.717, 1.165) is 0 Å². The second-order valence-corrected chi connectivity index (χ2v) is 7.27. The van der Waals surface area contributed by atoms with Gasteiger partial charge in [0, 0.05) is 17.6 Å². The molecule has 0 spiro atoms. The molecule has 1 aliphatic heterocycles. The van der Waals surface area contributed by atoms with Crippen molar-refractivity contribution in [3.05, 3.63) is 56.0 Å². The lowest BCUT2D eigenvalue weighted by Gasteiger charge is -2.30. The fraction of sp³-hybridized carbons (Fsp3) is 0.333. The van der Waals surface area contributed by atoms with Crippen LogP contribution >= 0.6 is 15.9 Å². The van der Waals surface area contributed by atoms with Gasteiger partial charge in [-0.1, -0.05) is 15.9 Å². The van der Waals surface area contributed by atoms with Crippen LogP contribution in [0.2, 0.25) is 0 Å². The Bertz CT molecular complexity index is 927. The SMILES string of the molecule is CC(C)ON1CCc2cc(=O)n(C)c(Nc3ccc(Br)cc3F)c2C1=O. The molecule has 0 unspecified atom stereocenters. The first-order valence-corrected chi connectivity index (χ1v) is 9.01. The Morgan fingerprint density at radius 1 is 1.27 bits per heavy atom. The third kappa shape index (κ3) is 3.52. The number of rotatable bonds is 4. The molecule has 138 valence electrons. The summed E-state index contributed by atoms with van der Waals surface area (Å²) < 4.78 is 16.1. The third-order valence-electron chi connectivity index (χ3n) is 4.07. The lowest BCUT2D eigenvalue weighted by molar-refractivity contribution is -0.153. The van der Waals surface area contributed by atoms with Crippen LogP contribution in [0.25, 0.3) is 0 Å². The topological polar surface area (TPSA) is 63.6 Å². The summed E-state index contributed by atoms with van der Waals surface area (Å²) in [6.07, 6.45) is 0.329. The molecule has 6 nitrogen and oxygen atoms in total. The molecule has 1 aromatic heterocycles. The van der Waals surface area contributed by atoms with E-state index in [0.29, 0.717) is 28.6 Å². The summed E-state index contributed by atoms with van der Waals surface area (Å²) in [4.78, 5) is 30.7. The quantitative estimate of drug-likeness (QED) is 0.818. The Morgan fingerprint density at radius 2 is 2.00 bits per heavy atom. The Labute approximate surface area is 158 Å².